The van der Waals surface area contributed by atoms with Crippen LogP contribution in [0.5, 0.6) is 0 Å². The lowest BCUT2D eigenvalue weighted by molar-refractivity contribution is 0.107. The Morgan fingerprint density at radius 1 is 1.32 bits per heavy atom. The topological polar surface area (TPSA) is 67.8 Å². The molecule has 0 saturated carbocycles. The predicted molar refractivity (Wildman–Crippen MR) is 71.7 cm³/mol. The third kappa shape index (κ3) is 3.30. The summed E-state index contributed by atoms with van der Waals surface area (Å²) < 4.78 is 19.5. The Kier molecular flexibility index (Phi) is 4.48. The lowest BCUT2D eigenvalue weighted by atomic mass is 10.1. The van der Waals surface area contributed by atoms with Crippen LogP contribution in [0.4, 0.5) is 4.39 Å². The molecular weight excluding hydrogens is 267 g/mol. The van der Waals surface area contributed by atoms with Gasteiger partial charge in [0.1, 0.15) is 5.82 Å². The number of hydrogen-bond donors (Lipinski definition) is 2. The summed E-state index contributed by atoms with van der Waals surface area (Å²) in [6.07, 6.45) is 0. The molecule has 1 aromatic carbocycles. The molecule has 4 nitrogen and oxygen atoms in total. The van der Waals surface area contributed by atoms with E-state index >= 15 is 0 Å². The van der Waals surface area contributed by atoms with Gasteiger partial charge in [-0.1, -0.05) is 23.4 Å². The van der Waals surface area contributed by atoms with Crippen LogP contribution in [0.2, 0.25) is 0 Å². The number of rotatable bonds is 5. The van der Waals surface area contributed by atoms with Gasteiger partial charge in [0.2, 0.25) is 0 Å². The molecule has 0 aliphatic heterocycles. The van der Waals surface area contributed by atoms with E-state index in [4.69, 9.17) is 15.7 Å². The molecule has 0 unspecified atom stereocenters. The summed E-state index contributed by atoms with van der Waals surface area (Å²) in [5.41, 5.74) is 5.84. The van der Waals surface area contributed by atoms with Crippen molar-refractivity contribution in [3.8, 4) is 0 Å². The fourth-order valence-corrected chi connectivity index (χ4v) is 2.24. The maximum absolute atomic E-state index is 14.0. The molecule has 2 aromatic rings. The lowest BCUT2D eigenvalue weighted by Gasteiger charge is -2.07. The molecule has 0 aliphatic rings. The van der Waals surface area contributed by atoms with Crippen LogP contribution in [-0.2, 0) is 18.0 Å². The first kappa shape index (κ1) is 13.5. The number of ether oxygens (including phenoxy) is 1. The Balaban J connectivity index is 2.04. The Morgan fingerprint density at radius 3 is 2.84 bits per heavy atom. The molecule has 0 fully saturated rings. The van der Waals surface area contributed by atoms with Gasteiger partial charge in [-0.05, 0) is 17.5 Å². The molecule has 3 N–H and O–H groups in total. The fraction of sp³-hybridized carbons (Fsp3) is 0.154. The van der Waals surface area contributed by atoms with Crippen LogP contribution in [0.3, 0.4) is 0 Å². The maximum atomic E-state index is 14.0. The predicted octanol–water partition coefficient (Wildman–Crippen LogP) is 2.70. The van der Waals surface area contributed by atoms with Gasteiger partial charge in [0, 0.05) is 10.4 Å². The van der Waals surface area contributed by atoms with Crippen molar-refractivity contribution in [3.63, 3.8) is 0 Å². The normalized spacial score (nSPS) is 11.7. The van der Waals surface area contributed by atoms with E-state index in [1.54, 1.807) is 23.5 Å². The second-order valence-corrected chi connectivity index (χ2v) is 4.87. The van der Waals surface area contributed by atoms with Crippen molar-refractivity contribution in [1.29, 1.82) is 0 Å². The number of hydrogen-bond acceptors (Lipinski definition) is 4. The highest BCUT2D eigenvalue weighted by atomic mass is 32.1. The zero-order valence-corrected chi connectivity index (χ0v) is 10.9. The minimum atomic E-state index is -0.524. The second-order valence-electron chi connectivity index (χ2n) is 3.84. The van der Waals surface area contributed by atoms with Gasteiger partial charge in [-0.25, -0.2) is 4.39 Å². The zero-order chi connectivity index (χ0) is 13.7. The van der Waals surface area contributed by atoms with Crippen LogP contribution in [-0.4, -0.2) is 11.0 Å². The molecule has 0 saturated heterocycles. The number of amidine groups is 1. The van der Waals surface area contributed by atoms with Crippen molar-refractivity contribution in [2.24, 2.45) is 10.9 Å². The molecule has 19 heavy (non-hydrogen) atoms. The SMILES string of the molecule is N/C(=N/O)c1cccc(COCc2cccs2)c1F. The van der Waals surface area contributed by atoms with E-state index in [0.717, 1.165) is 4.88 Å². The average molecular weight is 280 g/mol. The van der Waals surface area contributed by atoms with E-state index in [1.807, 2.05) is 17.5 Å². The highest BCUT2D eigenvalue weighted by Gasteiger charge is 2.11. The van der Waals surface area contributed by atoms with E-state index in [1.165, 1.54) is 6.07 Å². The van der Waals surface area contributed by atoms with Gasteiger partial charge in [0.15, 0.2) is 5.84 Å². The highest BCUT2D eigenvalue weighted by molar-refractivity contribution is 7.09. The van der Waals surface area contributed by atoms with Gasteiger partial charge < -0.3 is 15.7 Å². The summed E-state index contributed by atoms with van der Waals surface area (Å²) in [7, 11) is 0. The summed E-state index contributed by atoms with van der Waals surface area (Å²) in [5.74, 6) is -0.776. The van der Waals surface area contributed by atoms with Gasteiger partial charge in [-0.3, -0.25) is 0 Å². The Hall–Kier alpha value is -1.92. The molecule has 1 heterocycles. The van der Waals surface area contributed by atoms with Gasteiger partial charge in [-0.15, -0.1) is 11.3 Å². The van der Waals surface area contributed by atoms with Gasteiger partial charge >= 0.3 is 0 Å². The second kappa shape index (κ2) is 6.31. The number of oxime groups is 1. The molecule has 100 valence electrons. The first-order valence-electron chi connectivity index (χ1n) is 5.57. The molecule has 0 radical (unpaired) electrons. The molecule has 6 heteroatoms. The smallest absolute Gasteiger partial charge is 0.173 e. The molecule has 1 aromatic heterocycles. The molecule has 0 atom stereocenters. The summed E-state index contributed by atoms with van der Waals surface area (Å²) in [6.45, 7) is 0.571. The van der Waals surface area contributed by atoms with Crippen LogP contribution < -0.4 is 5.73 Å². The Bertz CT molecular complexity index is 570. The molecule has 0 aliphatic carbocycles. The van der Waals surface area contributed by atoms with E-state index in [0.29, 0.717) is 12.2 Å². The van der Waals surface area contributed by atoms with Crippen molar-refractivity contribution >= 4 is 17.2 Å². The number of thiophene rings is 1. The first-order chi connectivity index (χ1) is 9.22. The summed E-state index contributed by atoms with van der Waals surface area (Å²) >= 11 is 1.58. The summed E-state index contributed by atoms with van der Waals surface area (Å²) in [4.78, 5) is 1.08. The molecule has 0 amide bonds. The maximum Gasteiger partial charge on any atom is 0.173 e. The van der Waals surface area contributed by atoms with E-state index in [9.17, 15) is 4.39 Å². The Labute approximate surface area is 113 Å². The van der Waals surface area contributed by atoms with E-state index in [2.05, 4.69) is 5.16 Å². The third-order valence-electron chi connectivity index (χ3n) is 2.54. The zero-order valence-electron chi connectivity index (χ0n) is 10.0. The van der Waals surface area contributed by atoms with Crippen molar-refractivity contribution < 1.29 is 14.3 Å². The van der Waals surface area contributed by atoms with Crippen LogP contribution in [0.25, 0.3) is 0 Å². The standard InChI is InChI=1S/C13H13FN2O2S/c14-12-9(3-1-5-11(12)13(15)16-17)7-18-8-10-4-2-6-19-10/h1-6,17H,7-8H2,(H2,15,16). The quantitative estimate of drug-likeness (QED) is 0.383. The van der Waals surface area contributed by atoms with Crippen molar-refractivity contribution in [3.05, 3.63) is 57.5 Å². The number of nitrogens with zero attached hydrogens (tertiary/aromatic N) is 1. The van der Waals surface area contributed by atoms with Crippen LogP contribution in [0.15, 0.2) is 40.9 Å². The minimum Gasteiger partial charge on any atom is -0.409 e. The average Bonchev–Trinajstić information content (AvgIpc) is 2.93. The lowest BCUT2D eigenvalue weighted by Crippen LogP contribution is -2.16. The number of halogens is 1. The van der Waals surface area contributed by atoms with Gasteiger partial charge in [0.25, 0.3) is 0 Å². The van der Waals surface area contributed by atoms with E-state index in [-0.39, 0.29) is 18.0 Å². The molecule has 0 bridgehead atoms. The van der Waals surface area contributed by atoms with Crippen molar-refractivity contribution in [1.82, 2.24) is 0 Å². The molecule has 2 rings (SSSR count). The largest absolute Gasteiger partial charge is 0.409 e. The number of nitrogens with two attached hydrogens (primary N) is 1. The molecular formula is C13H13FN2O2S. The third-order valence-corrected chi connectivity index (χ3v) is 3.39. The van der Waals surface area contributed by atoms with Crippen LogP contribution in [0, 0.1) is 5.82 Å². The van der Waals surface area contributed by atoms with Gasteiger partial charge in [-0.2, -0.15) is 0 Å². The summed E-state index contributed by atoms with van der Waals surface area (Å²) in [6, 6.07) is 8.59. The van der Waals surface area contributed by atoms with Crippen LogP contribution in [0.1, 0.15) is 16.0 Å². The van der Waals surface area contributed by atoms with Gasteiger partial charge in [0.05, 0.1) is 18.8 Å². The van der Waals surface area contributed by atoms with E-state index < -0.39 is 5.82 Å². The highest BCUT2D eigenvalue weighted by Crippen LogP contribution is 2.16. The fourth-order valence-electron chi connectivity index (χ4n) is 1.60. The monoisotopic (exact) mass is 280 g/mol. The Morgan fingerprint density at radius 2 is 2.16 bits per heavy atom. The summed E-state index contributed by atoms with van der Waals surface area (Å²) in [5, 5.41) is 13.3. The van der Waals surface area contributed by atoms with Crippen molar-refractivity contribution in [2.75, 3.05) is 0 Å². The first-order valence-corrected chi connectivity index (χ1v) is 6.45. The molecule has 0 spiro atoms. The van der Waals surface area contributed by atoms with Crippen LogP contribution >= 0.6 is 11.3 Å². The number of benzene rings is 1. The minimum absolute atomic E-state index is 0.0692. The van der Waals surface area contributed by atoms with Crippen molar-refractivity contribution in [2.45, 2.75) is 13.2 Å².